The highest BCUT2D eigenvalue weighted by atomic mass is 35.5. The molecule has 24 heavy (non-hydrogen) atoms. The summed E-state index contributed by atoms with van der Waals surface area (Å²) in [6.45, 7) is 4.70. The van der Waals surface area contributed by atoms with Crippen molar-refractivity contribution < 1.29 is 9.53 Å². The lowest BCUT2D eigenvalue weighted by Gasteiger charge is -2.10. The lowest BCUT2D eigenvalue weighted by molar-refractivity contribution is -0.120. The molecular weight excluding hydrogens is 322 g/mol. The Kier molecular flexibility index (Phi) is 7.13. The van der Waals surface area contributed by atoms with E-state index >= 15 is 0 Å². The van der Waals surface area contributed by atoms with Gasteiger partial charge in [0.2, 0.25) is 5.91 Å². The monoisotopic (exact) mass is 345 g/mol. The van der Waals surface area contributed by atoms with E-state index in [4.69, 9.17) is 16.3 Å². The minimum absolute atomic E-state index is 0.0259. The van der Waals surface area contributed by atoms with Gasteiger partial charge in [-0.05, 0) is 62.1 Å². The molecule has 0 radical (unpaired) electrons. The van der Waals surface area contributed by atoms with Gasteiger partial charge in [-0.3, -0.25) is 4.79 Å². The van der Waals surface area contributed by atoms with E-state index in [1.54, 1.807) is 6.07 Å². The van der Waals surface area contributed by atoms with E-state index in [1.807, 2.05) is 44.2 Å². The van der Waals surface area contributed by atoms with Crippen LogP contribution in [0.3, 0.4) is 0 Å². The van der Waals surface area contributed by atoms with Crippen molar-refractivity contribution in [1.29, 1.82) is 0 Å². The largest absolute Gasteiger partial charge is 0.491 e. The molecule has 0 aromatic heterocycles. The fourth-order valence-corrected chi connectivity index (χ4v) is 2.63. The second-order valence-corrected chi connectivity index (χ2v) is 6.51. The maximum Gasteiger partial charge on any atom is 0.224 e. The minimum atomic E-state index is 0.0259. The molecule has 128 valence electrons. The Hall–Kier alpha value is -2.00. The number of benzene rings is 2. The van der Waals surface area contributed by atoms with Crippen LogP contribution in [0.15, 0.2) is 48.5 Å². The summed E-state index contributed by atoms with van der Waals surface area (Å²) in [4.78, 5) is 11.9. The third kappa shape index (κ3) is 6.63. The molecule has 1 N–H and O–H groups in total. The zero-order valence-electron chi connectivity index (χ0n) is 14.2. The van der Waals surface area contributed by atoms with Crippen molar-refractivity contribution in [1.82, 2.24) is 5.32 Å². The van der Waals surface area contributed by atoms with Crippen molar-refractivity contribution in [2.45, 2.75) is 39.2 Å². The summed E-state index contributed by atoms with van der Waals surface area (Å²) >= 11 is 5.92. The van der Waals surface area contributed by atoms with Crippen molar-refractivity contribution in [2.75, 3.05) is 6.54 Å². The summed E-state index contributed by atoms with van der Waals surface area (Å²) in [5, 5.41) is 3.61. The molecule has 4 heteroatoms. The first-order valence-electron chi connectivity index (χ1n) is 8.29. The van der Waals surface area contributed by atoms with E-state index in [0.29, 0.717) is 18.0 Å². The molecule has 0 aliphatic carbocycles. The van der Waals surface area contributed by atoms with E-state index in [1.165, 1.54) is 5.56 Å². The first-order valence-corrected chi connectivity index (χ1v) is 8.67. The molecule has 0 saturated heterocycles. The molecule has 0 saturated carbocycles. The molecule has 0 spiro atoms. The van der Waals surface area contributed by atoms with Crippen molar-refractivity contribution in [3.8, 4) is 5.75 Å². The maximum absolute atomic E-state index is 11.9. The maximum atomic E-state index is 11.9. The van der Waals surface area contributed by atoms with Crippen molar-refractivity contribution in [2.24, 2.45) is 0 Å². The second-order valence-electron chi connectivity index (χ2n) is 6.07. The number of hydrogen-bond acceptors (Lipinski definition) is 2. The fourth-order valence-electron chi connectivity index (χ4n) is 2.42. The molecule has 0 unspecified atom stereocenters. The lowest BCUT2D eigenvalue weighted by atomic mass is 10.1. The van der Waals surface area contributed by atoms with Crippen LogP contribution in [0.1, 0.15) is 31.4 Å². The van der Waals surface area contributed by atoms with Gasteiger partial charge in [0, 0.05) is 11.6 Å². The molecule has 2 aromatic rings. The van der Waals surface area contributed by atoms with Gasteiger partial charge in [0.15, 0.2) is 0 Å². The average Bonchev–Trinajstić information content (AvgIpc) is 2.52. The number of hydrogen-bond donors (Lipinski definition) is 1. The summed E-state index contributed by atoms with van der Waals surface area (Å²) in [6.07, 6.45) is 2.39. The van der Waals surface area contributed by atoms with Crippen LogP contribution >= 0.6 is 11.6 Å². The summed E-state index contributed by atoms with van der Waals surface area (Å²) in [5.74, 6) is 0.918. The van der Waals surface area contributed by atoms with Gasteiger partial charge in [-0.25, -0.2) is 0 Å². The van der Waals surface area contributed by atoms with Crippen molar-refractivity contribution in [3.63, 3.8) is 0 Å². The van der Waals surface area contributed by atoms with E-state index in [9.17, 15) is 4.79 Å². The Morgan fingerprint density at radius 3 is 2.54 bits per heavy atom. The van der Waals surface area contributed by atoms with Gasteiger partial charge in [-0.15, -0.1) is 0 Å². The van der Waals surface area contributed by atoms with Gasteiger partial charge in [0.05, 0.1) is 12.5 Å². The topological polar surface area (TPSA) is 38.3 Å². The molecule has 1 amide bonds. The summed E-state index contributed by atoms with van der Waals surface area (Å²) in [5.41, 5.74) is 2.18. The number of ether oxygens (including phenoxy) is 1. The molecule has 2 rings (SSSR count). The Bertz CT molecular complexity index is 653. The van der Waals surface area contributed by atoms with Gasteiger partial charge >= 0.3 is 0 Å². The van der Waals surface area contributed by atoms with E-state index < -0.39 is 0 Å². The number of nitrogens with one attached hydrogen (secondary N) is 1. The third-order valence-corrected chi connectivity index (χ3v) is 3.75. The minimum Gasteiger partial charge on any atom is -0.491 e. The fraction of sp³-hybridized carbons (Fsp3) is 0.350. The SMILES string of the molecule is CC(C)Oc1ccc(CCCNC(=O)Cc2cccc(Cl)c2)cc1. The first kappa shape index (κ1) is 18.3. The van der Waals surface area contributed by atoms with Crippen LogP contribution in [-0.2, 0) is 17.6 Å². The molecule has 0 aliphatic rings. The Labute approximate surface area is 149 Å². The van der Waals surface area contributed by atoms with Crippen LogP contribution in [0.2, 0.25) is 5.02 Å². The highest BCUT2D eigenvalue weighted by Gasteiger charge is 2.04. The van der Waals surface area contributed by atoms with E-state index in [2.05, 4.69) is 17.4 Å². The number of carbonyl (C=O) groups excluding carboxylic acids is 1. The highest BCUT2D eigenvalue weighted by Crippen LogP contribution is 2.15. The predicted octanol–water partition coefficient (Wildman–Crippen LogP) is 4.42. The summed E-state index contributed by atoms with van der Waals surface area (Å²) in [7, 11) is 0. The van der Waals surface area contributed by atoms with Gasteiger partial charge in [0.1, 0.15) is 5.75 Å². The Morgan fingerprint density at radius 2 is 1.88 bits per heavy atom. The standard InChI is InChI=1S/C20H24ClNO2/c1-15(2)24-19-10-8-16(9-11-19)6-4-12-22-20(23)14-17-5-3-7-18(21)13-17/h3,5,7-11,13,15H,4,6,12,14H2,1-2H3,(H,22,23). The highest BCUT2D eigenvalue weighted by molar-refractivity contribution is 6.30. The number of carbonyl (C=O) groups is 1. The van der Waals surface area contributed by atoms with Crippen LogP contribution in [0.25, 0.3) is 0 Å². The zero-order chi connectivity index (χ0) is 17.4. The molecule has 0 fully saturated rings. The average molecular weight is 346 g/mol. The van der Waals surface area contributed by atoms with Crippen LogP contribution < -0.4 is 10.1 Å². The van der Waals surface area contributed by atoms with Crippen LogP contribution in [0, 0.1) is 0 Å². The quantitative estimate of drug-likeness (QED) is 0.719. The van der Waals surface area contributed by atoms with Gasteiger partial charge in [0.25, 0.3) is 0 Å². The molecule has 0 heterocycles. The van der Waals surface area contributed by atoms with Crippen molar-refractivity contribution >= 4 is 17.5 Å². The molecule has 0 atom stereocenters. The molecular formula is C20H24ClNO2. The number of aryl methyl sites for hydroxylation is 1. The van der Waals surface area contributed by atoms with Crippen LogP contribution in [0.4, 0.5) is 0 Å². The van der Waals surface area contributed by atoms with Crippen LogP contribution in [0.5, 0.6) is 5.75 Å². The second kappa shape index (κ2) is 9.33. The lowest BCUT2D eigenvalue weighted by Crippen LogP contribution is -2.26. The molecule has 3 nitrogen and oxygen atoms in total. The molecule has 2 aromatic carbocycles. The number of halogens is 1. The van der Waals surface area contributed by atoms with Gasteiger partial charge < -0.3 is 10.1 Å². The summed E-state index contributed by atoms with van der Waals surface area (Å²) < 4.78 is 5.62. The van der Waals surface area contributed by atoms with E-state index in [-0.39, 0.29) is 12.0 Å². The van der Waals surface area contributed by atoms with Crippen LogP contribution in [-0.4, -0.2) is 18.6 Å². The third-order valence-electron chi connectivity index (χ3n) is 3.51. The molecule has 0 bridgehead atoms. The predicted molar refractivity (Wildman–Crippen MR) is 98.7 cm³/mol. The number of rotatable bonds is 8. The van der Waals surface area contributed by atoms with E-state index in [0.717, 1.165) is 24.2 Å². The first-order chi connectivity index (χ1) is 11.5. The Morgan fingerprint density at radius 1 is 1.12 bits per heavy atom. The normalized spacial score (nSPS) is 10.7. The van der Waals surface area contributed by atoms with Gasteiger partial charge in [-0.2, -0.15) is 0 Å². The van der Waals surface area contributed by atoms with Crippen molar-refractivity contribution in [3.05, 3.63) is 64.7 Å². The number of amides is 1. The molecule has 0 aliphatic heterocycles. The van der Waals surface area contributed by atoms with Gasteiger partial charge in [-0.1, -0.05) is 35.9 Å². The summed E-state index contributed by atoms with van der Waals surface area (Å²) in [6, 6.07) is 15.5. The smallest absolute Gasteiger partial charge is 0.224 e. The zero-order valence-corrected chi connectivity index (χ0v) is 15.0. The Balaban J connectivity index is 1.68.